The SMILES string of the molecule is O=C(CCc1oc(SCc2ccccn2)nc1-c1ccc(Cl)cc1)N1CCS(=O)(=O)CC1. The number of carbonyl (C=O) groups is 1. The number of thioether (sulfide) groups is 1. The molecule has 1 aromatic carbocycles. The lowest BCUT2D eigenvalue weighted by Crippen LogP contribution is -2.43. The minimum atomic E-state index is -3.03. The number of amides is 1. The van der Waals surface area contributed by atoms with Crippen LogP contribution in [0.1, 0.15) is 17.9 Å². The third-order valence-electron chi connectivity index (χ3n) is 5.13. The monoisotopic (exact) mass is 491 g/mol. The summed E-state index contributed by atoms with van der Waals surface area (Å²) in [5.74, 6) is 1.19. The second-order valence-corrected chi connectivity index (χ2v) is 11.1. The first-order chi connectivity index (χ1) is 15.4. The number of oxazole rings is 1. The predicted molar refractivity (Wildman–Crippen MR) is 124 cm³/mol. The number of halogens is 1. The summed E-state index contributed by atoms with van der Waals surface area (Å²) in [4.78, 5) is 23.2. The van der Waals surface area contributed by atoms with Crippen molar-refractivity contribution in [2.45, 2.75) is 23.8 Å². The number of sulfone groups is 1. The zero-order valence-corrected chi connectivity index (χ0v) is 19.6. The van der Waals surface area contributed by atoms with Gasteiger partial charge in [0.15, 0.2) is 9.84 Å². The van der Waals surface area contributed by atoms with Gasteiger partial charge in [-0.05, 0) is 24.3 Å². The molecule has 0 atom stereocenters. The Hall–Kier alpha value is -2.36. The number of carbonyl (C=O) groups excluding carboxylic acids is 1. The van der Waals surface area contributed by atoms with Gasteiger partial charge in [0.1, 0.15) is 11.5 Å². The summed E-state index contributed by atoms with van der Waals surface area (Å²) >= 11 is 7.46. The quantitative estimate of drug-likeness (QED) is 0.463. The molecule has 1 fully saturated rings. The van der Waals surface area contributed by atoms with E-state index in [-0.39, 0.29) is 36.9 Å². The maximum Gasteiger partial charge on any atom is 0.256 e. The average molecular weight is 492 g/mol. The normalized spacial score (nSPS) is 15.6. The molecule has 1 saturated heterocycles. The molecule has 0 unspecified atom stereocenters. The number of hydrogen-bond acceptors (Lipinski definition) is 7. The van der Waals surface area contributed by atoms with Gasteiger partial charge in [0.25, 0.3) is 5.22 Å². The highest BCUT2D eigenvalue weighted by atomic mass is 35.5. The Labute approximate surface area is 196 Å². The molecule has 1 aliphatic rings. The third-order valence-corrected chi connectivity index (χ3v) is 7.85. The maximum absolute atomic E-state index is 12.6. The molecule has 10 heteroatoms. The van der Waals surface area contributed by atoms with Crippen LogP contribution < -0.4 is 0 Å². The zero-order valence-electron chi connectivity index (χ0n) is 17.2. The summed E-state index contributed by atoms with van der Waals surface area (Å²) in [5, 5.41) is 1.13. The molecule has 0 spiro atoms. The van der Waals surface area contributed by atoms with E-state index in [1.807, 2.05) is 30.3 Å². The molecule has 3 aromatic rings. The summed E-state index contributed by atoms with van der Waals surface area (Å²) in [5.41, 5.74) is 2.45. The number of benzene rings is 1. The van der Waals surface area contributed by atoms with Crippen molar-refractivity contribution < 1.29 is 17.6 Å². The molecule has 0 bridgehead atoms. The second-order valence-electron chi connectivity index (χ2n) is 7.40. The van der Waals surface area contributed by atoms with Gasteiger partial charge in [0.05, 0.1) is 17.2 Å². The van der Waals surface area contributed by atoms with E-state index in [1.54, 1.807) is 23.2 Å². The van der Waals surface area contributed by atoms with Gasteiger partial charge in [0, 0.05) is 48.5 Å². The summed E-state index contributed by atoms with van der Waals surface area (Å²) in [6.07, 6.45) is 2.34. The van der Waals surface area contributed by atoms with Gasteiger partial charge in [0.2, 0.25) is 5.91 Å². The standard InChI is InChI=1S/C22H22ClN3O4S2/c23-17-6-4-16(5-7-17)21-19(8-9-20(27)26-11-13-32(28,29)14-12-26)30-22(25-21)31-15-18-3-1-2-10-24-18/h1-7,10H,8-9,11-15H2. The lowest BCUT2D eigenvalue weighted by Gasteiger charge is -2.26. The minimum absolute atomic E-state index is 0.0192. The second kappa shape index (κ2) is 10.1. The first-order valence-electron chi connectivity index (χ1n) is 10.2. The van der Waals surface area contributed by atoms with Crippen LogP contribution in [0.3, 0.4) is 0 Å². The van der Waals surface area contributed by atoms with Crippen LogP contribution in [0.5, 0.6) is 0 Å². The fourth-order valence-electron chi connectivity index (χ4n) is 3.35. The van der Waals surface area contributed by atoms with Gasteiger partial charge in [-0.3, -0.25) is 9.78 Å². The van der Waals surface area contributed by atoms with Crippen molar-refractivity contribution in [3.63, 3.8) is 0 Å². The Balaban J connectivity index is 1.48. The first-order valence-corrected chi connectivity index (χ1v) is 13.3. The Bertz CT molecular complexity index is 1170. The van der Waals surface area contributed by atoms with Crippen molar-refractivity contribution >= 4 is 39.1 Å². The fraction of sp³-hybridized carbons (Fsp3) is 0.318. The zero-order chi connectivity index (χ0) is 22.6. The molecule has 7 nitrogen and oxygen atoms in total. The molecule has 0 radical (unpaired) electrons. The van der Waals surface area contributed by atoms with Crippen LogP contribution in [0.25, 0.3) is 11.3 Å². The molecule has 2 aromatic heterocycles. The van der Waals surface area contributed by atoms with Crippen molar-refractivity contribution in [2.75, 3.05) is 24.6 Å². The van der Waals surface area contributed by atoms with Crippen molar-refractivity contribution in [2.24, 2.45) is 0 Å². The van der Waals surface area contributed by atoms with Crippen molar-refractivity contribution in [1.29, 1.82) is 0 Å². The van der Waals surface area contributed by atoms with E-state index in [0.29, 0.717) is 33.9 Å². The van der Waals surface area contributed by atoms with E-state index in [4.69, 9.17) is 16.0 Å². The molecule has 0 N–H and O–H groups in total. The highest BCUT2D eigenvalue weighted by molar-refractivity contribution is 7.98. The van der Waals surface area contributed by atoms with E-state index in [9.17, 15) is 13.2 Å². The van der Waals surface area contributed by atoms with Gasteiger partial charge in [-0.1, -0.05) is 41.6 Å². The number of nitrogens with zero attached hydrogens (tertiary/aromatic N) is 3. The Morgan fingerprint density at radius 2 is 1.88 bits per heavy atom. The lowest BCUT2D eigenvalue weighted by molar-refractivity contribution is -0.130. The summed E-state index contributed by atoms with van der Waals surface area (Å²) in [6.45, 7) is 0.486. The molecular formula is C22H22ClN3O4S2. The van der Waals surface area contributed by atoms with Crippen LogP contribution in [-0.4, -0.2) is 53.8 Å². The Morgan fingerprint density at radius 1 is 1.12 bits per heavy atom. The smallest absolute Gasteiger partial charge is 0.256 e. The maximum atomic E-state index is 12.6. The molecule has 1 amide bonds. The van der Waals surface area contributed by atoms with Crippen molar-refractivity contribution in [3.8, 4) is 11.3 Å². The van der Waals surface area contributed by atoms with Crippen LogP contribution in [0, 0.1) is 0 Å². The lowest BCUT2D eigenvalue weighted by atomic mass is 10.1. The van der Waals surface area contributed by atoms with Crippen LogP contribution in [0.15, 0.2) is 58.3 Å². The van der Waals surface area contributed by atoms with E-state index in [0.717, 1.165) is 11.3 Å². The van der Waals surface area contributed by atoms with Crippen molar-refractivity contribution in [1.82, 2.24) is 14.9 Å². The number of pyridine rings is 1. The highest BCUT2D eigenvalue weighted by Crippen LogP contribution is 2.31. The Morgan fingerprint density at radius 3 is 2.56 bits per heavy atom. The van der Waals surface area contributed by atoms with Crippen LogP contribution in [0.2, 0.25) is 5.02 Å². The average Bonchev–Trinajstić information content (AvgIpc) is 3.20. The molecule has 1 aliphatic heterocycles. The number of hydrogen-bond donors (Lipinski definition) is 0. The van der Waals surface area contributed by atoms with Gasteiger partial charge >= 0.3 is 0 Å². The van der Waals surface area contributed by atoms with Crippen LogP contribution in [0.4, 0.5) is 0 Å². The predicted octanol–water partition coefficient (Wildman–Crippen LogP) is 3.87. The van der Waals surface area contributed by atoms with Crippen LogP contribution >= 0.6 is 23.4 Å². The van der Waals surface area contributed by atoms with Crippen molar-refractivity contribution in [3.05, 3.63) is 65.1 Å². The molecule has 3 heterocycles. The molecule has 32 heavy (non-hydrogen) atoms. The first kappa shape index (κ1) is 22.8. The molecule has 168 valence electrons. The van der Waals surface area contributed by atoms with E-state index >= 15 is 0 Å². The van der Waals surface area contributed by atoms with E-state index < -0.39 is 9.84 Å². The Kier molecular flexibility index (Phi) is 7.17. The number of rotatable bonds is 7. The number of aryl methyl sites for hydroxylation is 1. The summed E-state index contributed by atoms with van der Waals surface area (Å²) < 4.78 is 29.2. The van der Waals surface area contributed by atoms with Gasteiger partial charge in [-0.2, -0.15) is 0 Å². The number of aromatic nitrogens is 2. The largest absolute Gasteiger partial charge is 0.436 e. The summed E-state index contributed by atoms with van der Waals surface area (Å²) in [7, 11) is -3.03. The minimum Gasteiger partial charge on any atom is -0.436 e. The highest BCUT2D eigenvalue weighted by Gasteiger charge is 2.25. The summed E-state index contributed by atoms with van der Waals surface area (Å²) in [6, 6.07) is 13.0. The fourth-order valence-corrected chi connectivity index (χ4v) is 5.44. The topological polar surface area (TPSA) is 93.4 Å². The van der Waals surface area contributed by atoms with E-state index in [2.05, 4.69) is 9.97 Å². The third kappa shape index (κ3) is 5.90. The molecular weight excluding hydrogens is 470 g/mol. The van der Waals surface area contributed by atoms with Gasteiger partial charge < -0.3 is 9.32 Å². The van der Waals surface area contributed by atoms with Crippen LogP contribution in [-0.2, 0) is 26.8 Å². The molecule has 0 aliphatic carbocycles. The van der Waals surface area contributed by atoms with Gasteiger partial charge in [-0.25, -0.2) is 13.4 Å². The molecule has 0 saturated carbocycles. The molecule has 4 rings (SSSR count). The van der Waals surface area contributed by atoms with E-state index in [1.165, 1.54) is 11.8 Å². The van der Waals surface area contributed by atoms with Gasteiger partial charge in [-0.15, -0.1) is 0 Å².